The minimum atomic E-state index is -3.80. The first kappa shape index (κ1) is 24.7. The fourth-order valence-electron chi connectivity index (χ4n) is 4.42. The van der Waals surface area contributed by atoms with E-state index in [0.717, 1.165) is 39.4 Å². The zero-order valence-electron chi connectivity index (χ0n) is 20.9. The van der Waals surface area contributed by atoms with Crippen LogP contribution in [0.4, 0.5) is 0 Å². The molecular formula is C28H28N4O4S. The van der Waals surface area contributed by atoms with Crippen molar-refractivity contribution in [1.82, 2.24) is 19.3 Å². The number of aromatic nitrogens is 3. The molecule has 37 heavy (non-hydrogen) atoms. The number of H-pyrrole nitrogens is 1. The Bertz CT molecular complexity index is 1590. The molecule has 0 amide bonds. The second-order valence-corrected chi connectivity index (χ2v) is 10.9. The molecular weight excluding hydrogens is 488 g/mol. The maximum atomic E-state index is 13.6. The summed E-state index contributed by atoms with van der Waals surface area (Å²) < 4.78 is 39.5. The van der Waals surface area contributed by atoms with Crippen LogP contribution in [-0.4, -0.2) is 41.8 Å². The van der Waals surface area contributed by atoms with Crippen LogP contribution in [0, 0.1) is 6.92 Å². The number of fused-ring (bicyclic) bond motifs is 1. The number of hydrogen-bond donors (Lipinski definition) is 1. The molecule has 0 saturated heterocycles. The largest absolute Gasteiger partial charge is 0.497 e. The Hall–Kier alpha value is -3.95. The van der Waals surface area contributed by atoms with Crippen molar-refractivity contribution in [3.05, 3.63) is 108 Å². The predicted molar refractivity (Wildman–Crippen MR) is 141 cm³/mol. The number of likely N-dealkylation sites (N-methyl/N-ethyl adjacent to an activating group) is 1. The standard InChI is InChI=1S/C28H28N4O4S/c1-19-30-24-14-15-29-25(28(24)31-19)17-20-8-12-23(13-9-20)37(33,34)32(2)26(27-5-4-16-36-27)18-21-6-10-22(35-3)11-7-21/h4-16,26H,17-18H2,1-3H3,(H,30,31). The number of nitrogens with one attached hydrogen (secondary N) is 1. The molecule has 0 saturated carbocycles. The first-order valence-electron chi connectivity index (χ1n) is 11.9. The van der Waals surface area contributed by atoms with Crippen LogP contribution >= 0.6 is 0 Å². The molecule has 0 aliphatic rings. The van der Waals surface area contributed by atoms with Crippen molar-refractivity contribution >= 4 is 21.1 Å². The van der Waals surface area contributed by atoms with E-state index in [1.165, 1.54) is 4.31 Å². The lowest BCUT2D eigenvalue weighted by Gasteiger charge is -2.26. The molecule has 5 rings (SSSR count). The van der Waals surface area contributed by atoms with Gasteiger partial charge in [0.05, 0.1) is 35.5 Å². The van der Waals surface area contributed by atoms with Crippen LogP contribution in [0.25, 0.3) is 11.0 Å². The molecule has 190 valence electrons. The molecule has 9 heteroatoms. The number of benzene rings is 2. The molecule has 5 aromatic rings. The zero-order chi connectivity index (χ0) is 26.0. The summed E-state index contributed by atoms with van der Waals surface area (Å²) in [6.45, 7) is 1.91. The number of methoxy groups -OCH3 is 1. The second kappa shape index (κ2) is 10.2. The van der Waals surface area contributed by atoms with Crippen molar-refractivity contribution in [2.45, 2.75) is 30.7 Å². The molecule has 0 spiro atoms. The number of pyridine rings is 1. The third kappa shape index (κ3) is 5.14. The van der Waals surface area contributed by atoms with Gasteiger partial charge < -0.3 is 14.1 Å². The minimum absolute atomic E-state index is 0.215. The van der Waals surface area contributed by atoms with E-state index < -0.39 is 16.1 Å². The normalized spacial score (nSPS) is 12.8. The lowest BCUT2D eigenvalue weighted by Crippen LogP contribution is -2.32. The van der Waals surface area contributed by atoms with Gasteiger partial charge in [-0.25, -0.2) is 13.4 Å². The quantitative estimate of drug-likeness (QED) is 0.294. The number of aromatic amines is 1. The number of imidazole rings is 1. The van der Waals surface area contributed by atoms with Crippen molar-refractivity contribution in [1.29, 1.82) is 0 Å². The van der Waals surface area contributed by atoms with Crippen molar-refractivity contribution in [3.63, 3.8) is 0 Å². The number of hydrogen-bond acceptors (Lipinski definition) is 6. The Morgan fingerprint density at radius 3 is 2.43 bits per heavy atom. The van der Waals surface area contributed by atoms with Crippen LogP contribution in [0.3, 0.4) is 0 Å². The van der Waals surface area contributed by atoms with Crippen molar-refractivity contribution in [2.24, 2.45) is 0 Å². The van der Waals surface area contributed by atoms with Gasteiger partial charge in [0.2, 0.25) is 10.0 Å². The van der Waals surface area contributed by atoms with Crippen molar-refractivity contribution < 1.29 is 17.6 Å². The van der Waals surface area contributed by atoms with E-state index >= 15 is 0 Å². The van der Waals surface area contributed by atoms with Crippen LogP contribution in [0.5, 0.6) is 5.75 Å². The molecule has 0 bridgehead atoms. The van der Waals surface area contributed by atoms with E-state index in [1.807, 2.05) is 49.4 Å². The Labute approximate surface area is 216 Å². The van der Waals surface area contributed by atoms with Crippen LogP contribution < -0.4 is 4.74 Å². The maximum absolute atomic E-state index is 13.6. The summed E-state index contributed by atoms with van der Waals surface area (Å²) in [7, 11) is -0.602. The van der Waals surface area contributed by atoms with E-state index in [-0.39, 0.29) is 4.90 Å². The Kier molecular flexibility index (Phi) is 6.82. The molecule has 2 aromatic carbocycles. The first-order valence-corrected chi connectivity index (χ1v) is 13.3. The Balaban J connectivity index is 1.39. The van der Waals surface area contributed by atoms with Gasteiger partial charge >= 0.3 is 0 Å². The average molecular weight is 517 g/mol. The Morgan fingerprint density at radius 2 is 1.76 bits per heavy atom. The highest BCUT2D eigenvalue weighted by Crippen LogP contribution is 2.30. The molecule has 0 aliphatic carbocycles. The molecule has 0 fully saturated rings. The predicted octanol–water partition coefficient (Wildman–Crippen LogP) is 5.06. The van der Waals surface area contributed by atoms with Gasteiger partial charge in [0.1, 0.15) is 22.9 Å². The number of ether oxygens (including phenoxy) is 1. The van der Waals surface area contributed by atoms with Crippen LogP contribution in [0.15, 0.2) is 88.5 Å². The van der Waals surface area contributed by atoms with Gasteiger partial charge in [-0.05, 0) is 66.9 Å². The summed E-state index contributed by atoms with van der Waals surface area (Å²) in [4.78, 5) is 12.5. The lowest BCUT2D eigenvalue weighted by atomic mass is 10.0. The van der Waals surface area contributed by atoms with Crippen molar-refractivity contribution in [2.75, 3.05) is 14.2 Å². The Morgan fingerprint density at radius 1 is 1.03 bits per heavy atom. The molecule has 0 radical (unpaired) electrons. The third-order valence-corrected chi connectivity index (χ3v) is 8.35. The average Bonchev–Trinajstić information content (AvgIpc) is 3.57. The number of sulfonamides is 1. The maximum Gasteiger partial charge on any atom is 0.243 e. The van der Waals surface area contributed by atoms with E-state index in [1.54, 1.807) is 50.9 Å². The zero-order valence-corrected chi connectivity index (χ0v) is 21.7. The van der Waals surface area contributed by atoms with Crippen LogP contribution in [0.2, 0.25) is 0 Å². The number of rotatable bonds is 9. The second-order valence-electron chi connectivity index (χ2n) is 8.90. The summed E-state index contributed by atoms with van der Waals surface area (Å²) in [5.41, 5.74) is 4.52. The molecule has 8 nitrogen and oxygen atoms in total. The fraction of sp³-hybridized carbons (Fsp3) is 0.214. The van der Waals surface area contributed by atoms with Gasteiger partial charge in [-0.1, -0.05) is 24.3 Å². The molecule has 1 N–H and O–H groups in total. The van der Waals surface area contributed by atoms with E-state index in [2.05, 4.69) is 15.0 Å². The molecule has 1 unspecified atom stereocenters. The lowest BCUT2D eigenvalue weighted by molar-refractivity contribution is 0.318. The van der Waals surface area contributed by atoms with Crippen LogP contribution in [-0.2, 0) is 22.9 Å². The number of aryl methyl sites for hydroxylation is 1. The highest BCUT2D eigenvalue weighted by atomic mass is 32.2. The topological polar surface area (TPSA) is 101 Å². The summed E-state index contributed by atoms with van der Waals surface area (Å²) in [6.07, 6.45) is 4.30. The van der Waals surface area contributed by atoms with E-state index in [0.29, 0.717) is 18.6 Å². The molecule has 3 heterocycles. The SMILES string of the molecule is COc1ccc(CC(c2ccco2)N(C)S(=O)(=O)c2ccc(Cc3nccc4[nH]c(C)nc34)cc2)cc1. The van der Waals surface area contributed by atoms with E-state index in [9.17, 15) is 8.42 Å². The highest BCUT2D eigenvalue weighted by molar-refractivity contribution is 7.89. The smallest absolute Gasteiger partial charge is 0.243 e. The molecule has 3 aromatic heterocycles. The van der Waals surface area contributed by atoms with Gasteiger partial charge in [0, 0.05) is 19.7 Å². The van der Waals surface area contributed by atoms with Gasteiger partial charge in [0.15, 0.2) is 0 Å². The first-order chi connectivity index (χ1) is 17.8. The highest BCUT2D eigenvalue weighted by Gasteiger charge is 2.31. The monoisotopic (exact) mass is 516 g/mol. The van der Waals surface area contributed by atoms with Gasteiger partial charge in [0.25, 0.3) is 0 Å². The van der Waals surface area contributed by atoms with Crippen LogP contribution in [0.1, 0.15) is 34.4 Å². The fourth-order valence-corrected chi connectivity index (χ4v) is 5.75. The van der Waals surface area contributed by atoms with Gasteiger partial charge in [-0.2, -0.15) is 4.31 Å². The van der Waals surface area contributed by atoms with Gasteiger partial charge in [-0.15, -0.1) is 0 Å². The number of furan rings is 1. The summed E-state index contributed by atoms with van der Waals surface area (Å²) >= 11 is 0. The third-order valence-electron chi connectivity index (χ3n) is 6.47. The number of nitrogens with zero attached hydrogens (tertiary/aromatic N) is 3. The van der Waals surface area contributed by atoms with Gasteiger partial charge in [-0.3, -0.25) is 4.98 Å². The summed E-state index contributed by atoms with van der Waals surface area (Å²) in [5.74, 6) is 2.15. The molecule has 0 aliphatic heterocycles. The van der Waals surface area contributed by atoms with Crippen molar-refractivity contribution in [3.8, 4) is 5.75 Å². The molecule has 1 atom stereocenters. The van der Waals surface area contributed by atoms with E-state index in [4.69, 9.17) is 9.15 Å². The summed E-state index contributed by atoms with van der Waals surface area (Å²) in [6, 6.07) is 19.5. The minimum Gasteiger partial charge on any atom is -0.497 e. The summed E-state index contributed by atoms with van der Waals surface area (Å²) in [5, 5.41) is 0.